The van der Waals surface area contributed by atoms with Crippen molar-refractivity contribution in [2.24, 2.45) is 5.92 Å². The van der Waals surface area contributed by atoms with Crippen molar-refractivity contribution < 1.29 is 38.9 Å². The van der Waals surface area contributed by atoms with Gasteiger partial charge in [-0.2, -0.15) is 0 Å². The number of carbonyl (C=O) groups excluding carboxylic acids is 4. The molecule has 11 heteroatoms. The lowest BCUT2D eigenvalue weighted by Crippen LogP contribution is -2.56. The molecule has 268 valence electrons. The van der Waals surface area contributed by atoms with Crippen LogP contribution in [0.5, 0.6) is 11.5 Å². The number of para-hydroxylation sites is 1. The van der Waals surface area contributed by atoms with Gasteiger partial charge in [0, 0.05) is 24.4 Å². The summed E-state index contributed by atoms with van der Waals surface area (Å²) in [5, 5.41) is 26.5. The molecule has 11 nitrogen and oxygen atoms in total. The second-order valence-corrected chi connectivity index (χ2v) is 14.8. The molecule has 5 unspecified atom stereocenters. The van der Waals surface area contributed by atoms with Crippen LogP contribution in [0, 0.1) is 5.92 Å². The summed E-state index contributed by atoms with van der Waals surface area (Å²) in [4.78, 5) is 57.5. The second-order valence-electron chi connectivity index (χ2n) is 14.8. The smallest absolute Gasteiger partial charge is 0.408 e. The molecule has 0 aliphatic heterocycles. The van der Waals surface area contributed by atoms with E-state index < -0.39 is 59.2 Å². The molecule has 1 fully saturated rings. The Balaban J connectivity index is 1.77. The summed E-state index contributed by atoms with van der Waals surface area (Å²) in [6.45, 7) is 12.3. The van der Waals surface area contributed by atoms with E-state index in [4.69, 9.17) is 9.47 Å². The Morgan fingerprint density at radius 1 is 0.760 bits per heavy atom. The molecule has 0 spiro atoms. The largest absolute Gasteiger partial charge is 0.508 e. The third-order valence-electron chi connectivity index (χ3n) is 8.09. The van der Waals surface area contributed by atoms with E-state index in [2.05, 4.69) is 10.6 Å². The van der Waals surface area contributed by atoms with E-state index in [0.717, 1.165) is 5.56 Å². The van der Waals surface area contributed by atoms with Crippen molar-refractivity contribution in [3.8, 4) is 11.5 Å². The number of nitrogens with one attached hydrogen (secondary N) is 2. The molecule has 0 bridgehead atoms. The first-order valence-corrected chi connectivity index (χ1v) is 16.9. The van der Waals surface area contributed by atoms with Gasteiger partial charge in [-0.3, -0.25) is 9.59 Å². The number of amides is 3. The summed E-state index contributed by atoms with van der Waals surface area (Å²) >= 11 is 0. The number of phenols is 2. The van der Waals surface area contributed by atoms with Gasteiger partial charge >= 0.3 is 12.1 Å². The van der Waals surface area contributed by atoms with E-state index in [-0.39, 0.29) is 35.8 Å². The van der Waals surface area contributed by atoms with Crippen molar-refractivity contribution >= 4 is 23.9 Å². The number of phenolic OH excluding ortho intramolecular Hbond substituents is 2. The Kier molecular flexibility index (Phi) is 11.8. The standard InChI is InChI=1S/C39H49N3O8/c1-24-21-31(24)42(35(46)29(41-37(48)50-39(5,6)7)22-26-17-19-27(43)20-18-26)33(28-15-11-12-16-32(28)44)34(45)40-30(36(47)49-38(2,3)4)23-25-13-9-8-10-14-25/h8-20,24,29-31,33,43-44H,21-23H2,1-7H3,(H,40,45)(H,41,48). The van der Waals surface area contributed by atoms with Crippen LogP contribution in [0.15, 0.2) is 78.9 Å². The van der Waals surface area contributed by atoms with E-state index in [1.807, 2.05) is 37.3 Å². The number of aromatic hydroxyl groups is 2. The Morgan fingerprint density at radius 2 is 1.30 bits per heavy atom. The van der Waals surface area contributed by atoms with Crippen molar-refractivity contribution in [3.05, 3.63) is 95.6 Å². The summed E-state index contributed by atoms with van der Waals surface area (Å²) in [7, 11) is 0. The van der Waals surface area contributed by atoms with Crippen LogP contribution in [0.1, 0.15) is 77.6 Å². The lowest BCUT2D eigenvalue weighted by atomic mass is 9.98. The van der Waals surface area contributed by atoms with E-state index in [0.29, 0.717) is 12.0 Å². The molecule has 1 saturated carbocycles. The van der Waals surface area contributed by atoms with Crippen LogP contribution in [0.2, 0.25) is 0 Å². The molecule has 1 aliphatic carbocycles. The van der Waals surface area contributed by atoms with Gasteiger partial charge in [0.1, 0.15) is 40.8 Å². The van der Waals surface area contributed by atoms with Crippen LogP contribution in [0.3, 0.4) is 0 Å². The zero-order chi connectivity index (χ0) is 36.8. The van der Waals surface area contributed by atoms with Gasteiger partial charge in [-0.05, 0) is 83.2 Å². The molecular weight excluding hydrogens is 638 g/mol. The summed E-state index contributed by atoms with van der Waals surface area (Å²) in [5.74, 6) is -2.12. The van der Waals surface area contributed by atoms with Crippen LogP contribution in [0.25, 0.3) is 0 Å². The van der Waals surface area contributed by atoms with Crippen molar-refractivity contribution in [2.45, 2.75) is 103 Å². The maximum Gasteiger partial charge on any atom is 0.408 e. The fourth-order valence-electron chi connectivity index (χ4n) is 5.67. The summed E-state index contributed by atoms with van der Waals surface area (Å²) < 4.78 is 11.2. The lowest BCUT2D eigenvalue weighted by Gasteiger charge is -2.36. The maximum absolute atomic E-state index is 14.8. The van der Waals surface area contributed by atoms with Crippen molar-refractivity contribution in [1.82, 2.24) is 15.5 Å². The molecule has 0 heterocycles. The molecular formula is C39H49N3O8. The number of benzene rings is 3. The minimum Gasteiger partial charge on any atom is -0.508 e. The topological polar surface area (TPSA) is 154 Å². The first kappa shape index (κ1) is 37.8. The monoisotopic (exact) mass is 687 g/mol. The highest BCUT2D eigenvalue weighted by atomic mass is 16.6. The van der Waals surface area contributed by atoms with Crippen LogP contribution in [0.4, 0.5) is 4.79 Å². The molecule has 1 aliphatic rings. The molecule has 50 heavy (non-hydrogen) atoms. The van der Waals surface area contributed by atoms with Crippen LogP contribution in [-0.4, -0.2) is 68.3 Å². The van der Waals surface area contributed by atoms with Crippen LogP contribution in [-0.2, 0) is 36.7 Å². The number of hydrogen-bond donors (Lipinski definition) is 4. The highest BCUT2D eigenvalue weighted by Gasteiger charge is 2.49. The molecule has 4 rings (SSSR count). The van der Waals surface area contributed by atoms with E-state index >= 15 is 0 Å². The number of rotatable bonds is 12. The fraction of sp³-hybridized carbons (Fsp3) is 0.436. The molecule has 5 atom stereocenters. The van der Waals surface area contributed by atoms with Gasteiger partial charge < -0.3 is 35.2 Å². The second kappa shape index (κ2) is 15.7. The van der Waals surface area contributed by atoms with E-state index in [9.17, 15) is 29.4 Å². The van der Waals surface area contributed by atoms with Gasteiger partial charge in [0.25, 0.3) is 0 Å². The van der Waals surface area contributed by atoms with E-state index in [1.165, 1.54) is 23.1 Å². The molecule has 3 aromatic carbocycles. The highest BCUT2D eigenvalue weighted by Crippen LogP contribution is 2.42. The number of ether oxygens (including phenoxy) is 2. The quantitative estimate of drug-likeness (QED) is 0.180. The fourth-order valence-corrected chi connectivity index (χ4v) is 5.67. The first-order valence-electron chi connectivity index (χ1n) is 16.9. The minimum absolute atomic E-state index is 0.00178. The molecule has 4 N–H and O–H groups in total. The molecule has 0 saturated heterocycles. The Labute approximate surface area is 294 Å². The average molecular weight is 688 g/mol. The Bertz CT molecular complexity index is 1650. The van der Waals surface area contributed by atoms with Crippen molar-refractivity contribution in [3.63, 3.8) is 0 Å². The minimum atomic E-state index is -1.39. The van der Waals surface area contributed by atoms with Crippen molar-refractivity contribution in [1.29, 1.82) is 0 Å². The molecule has 0 radical (unpaired) electrons. The molecule has 0 aromatic heterocycles. The predicted octanol–water partition coefficient (Wildman–Crippen LogP) is 5.58. The number of esters is 1. The van der Waals surface area contributed by atoms with Crippen LogP contribution < -0.4 is 10.6 Å². The first-order chi connectivity index (χ1) is 23.4. The van der Waals surface area contributed by atoms with Gasteiger partial charge in [-0.15, -0.1) is 0 Å². The zero-order valence-electron chi connectivity index (χ0n) is 29.8. The summed E-state index contributed by atoms with van der Waals surface area (Å²) in [6.07, 6.45) is -0.123. The lowest BCUT2D eigenvalue weighted by molar-refractivity contribution is -0.159. The number of carbonyl (C=O) groups is 4. The molecule has 3 aromatic rings. The maximum atomic E-state index is 14.8. The number of nitrogens with zero attached hydrogens (tertiary/aromatic N) is 1. The summed E-state index contributed by atoms with van der Waals surface area (Å²) in [6, 6.07) is 17.5. The Morgan fingerprint density at radius 3 is 1.86 bits per heavy atom. The van der Waals surface area contributed by atoms with Gasteiger partial charge in [-0.1, -0.05) is 67.6 Å². The van der Waals surface area contributed by atoms with E-state index in [1.54, 1.807) is 71.9 Å². The van der Waals surface area contributed by atoms with Gasteiger partial charge in [0.2, 0.25) is 11.8 Å². The number of alkyl carbamates (subject to hydrolysis) is 1. The third kappa shape index (κ3) is 10.7. The van der Waals surface area contributed by atoms with Gasteiger partial charge in [0.15, 0.2) is 0 Å². The van der Waals surface area contributed by atoms with Gasteiger partial charge in [0.05, 0.1) is 0 Å². The predicted molar refractivity (Wildman–Crippen MR) is 188 cm³/mol. The average Bonchev–Trinajstić information content (AvgIpc) is 3.74. The zero-order valence-corrected chi connectivity index (χ0v) is 29.8. The summed E-state index contributed by atoms with van der Waals surface area (Å²) in [5.41, 5.74) is -0.122. The number of hydrogen-bond acceptors (Lipinski definition) is 8. The SMILES string of the molecule is CC1CC1N(C(=O)C(Cc1ccc(O)cc1)NC(=O)OC(C)(C)C)C(C(=O)NC(Cc1ccccc1)C(=O)OC(C)(C)C)c1ccccc1O. The Hall–Kier alpha value is -5.06. The molecule has 3 amide bonds. The third-order valence-corrected chi connectivity index (χ3v) is 8.09. The van der Waals surface area contributed by atoms with Crippen LogP contribution >= 0.6 is 0 Å². The van der Waals surface area contributed by atoms with Gasteiger partial charge in [-0.25, -0.2) is 9.59 Å². The normalized spacial score (nSPS) is 17.4. The van der Waals surface area contributed by atoms with Crippen molar-refractivity contribution in [2.75, 3.05) is 0 Å². The highest BCUT2D eigenvalue weighted by molar-refractivity contribution is 5.95.